The van der Waals surface area contributed by atoms with Gasteiger partial charge in [0.25, 0.3) is 0 Å². The maximum Gasteiger partial charge on any atom is 0.133 e. The summed E-state index contributed by atoms with van der Waals surface area (Å²) in [5, 5.41) is 3.52. The average molecular weight is 243 g/mol. The number of benzene rings is 1. The molecule has 2 heterocycles. The molecule has 1 aromatic heterocycles. The van der Waals surface area contributed by atoms with Crippen molar-refractivity contribution in [1.82, 2.24) is 5.32 Å². The fraction of sp³-hybridized carbons (Fsp3) is 0.333. The monoisotopic (exact) mass is 243 g/mol. The summed E-state index contributed by atoms with van der Waals surface area (Å²) in [5.41, 5.74) is 1.34. The molecule has 0 spiro atoms. The Labute approximate surface area is 107 Å². The van der Waals surface area contributed by atoms with Crippen LogP contribution >= 0.6 is 0 Å². The van der Waals surface area contributed by atoms with Gasteiger partial charge in [-0.1, -0.05) is 30.3 Å². The molecule has 1 saturated heterocycles. The van der Waals surface area contributed by atoms with E-state index in [9.17, 15) is 0 Å². The van der Waals surface area contributed by atoms with Gasteiger partial charge in [0, 0.05) is 12.6 Å². The van der Waals surface area contributed by atoms with Crippen molar-refractivity contribution in [2.24, 2.45) is 0 Å². The molecule has 0 bridgehead atoms. The van der Waals surface area contributed by atoms with E-state index in [1.807, 2.05) is 18.2 Å². The van der Waals surface area contributed by atoms with E-state index in [1.54, 1.807) is 6.26 Å². The van der Waals surface area contributed by atoms with E-state index in [-0.39, 0.29) is 6.10 Å². The lowest BCUT2D eigenvalue weighted by Crippen LogP contribution is -2.43. The molecule has 1 aliphatic rings. The summed E-state index contributed by atoms with van der Waals surface area (Å²) in [6.07, 6.45) is 2.74. The van der Waals surface area contributed by atoms with Crippen LogP contribution in [0.25, 0.3) is 0 Å². The molecule has 0 unspecified atom stereocenters. The second-order valence-electron chi connectivity index (χ2n) is 4.63. The summed E-state index contributed by atoms with van der Waals surface area (Å²) in [6.45, 7) is 1.53. The van der Waals surface area contributed by atoms with Crippen LogP contribution in [0.15, 0.2) is 53.1 Å². The third-order valence-corrected chi connectivity index (χ3v) is 3.28. The summed E-state index contributed by atoms with van der Waals surface area (Å²) in [5.74, 6) is 0.903. The first kappa shape index (κ1) is 11.5. The Morgan fingerprint density at radius 2 is 2.00 bits per heavy atom. The minimum absolute atomic E-state index is 0.0482. The Balaban J connectivity index is 1.54. The topological polar surface area (TPSA) is 34.4 Å². The zero-order chi connectivity index (χ0) is 12.2. The standard InChI is InChI=1S/C15H17NO2/c1-2-5-12(6-3-1)9-13-11-18-15(10-16-13)14-7-4-8-17-14/h1-8,13,15-16H,9-11H2/t13-,15+/m0/s1. The second kappa shape index (κ2) is 5.38. The van der Waals surface area contributed by atoms with E-state index >= 15 is 0 Å². The molecule has 1 aliphatic heterocycles. The molecule has 18 heavy (non-hydrogen) atoms. The Hall–Kier alpha value is -1.58. The lowest BCUT2D eigenvalue weighted by molar-refractivity contribution is -0.00858. The van der Waals surface area contributed by atoms with Gasteiger partial charge in [0.2, 0.25) is 0 Å². The Morgan fingerprint density at radius 3 is 2.67 bits per heavy atom. The minimum atomic E-state index is 0.0482. The normalized spacial score (nSPS) is 24.0. The van der Waals surface area contributed by atoms with Gasteiger partial charge >= 0.3 is 0 Å². The van der Waals surface area contributed by atoms with E-state index < -0.39 is 0 Å². The van der Waals surface area contributed by atoms with Crippen LogP contribution in [-0.2, 0) is 11.2 Å². The predicted octanol–water partition coefficient (Wildman–Crippen LogP) is 2.55. The molecular formula is C15H17NO2. The SMILES string of the molecule is c1ccc(C[C@H]2CO[C@@H](c3ccco3)CN2)cc1. The van der Waals surface area contributed by atoms with E-state index in [0.717, 1.165) is 25.3 Å². The quantitative estimate of drug-likeness (QED) is 0.899. The van der Waals surface area contributed by atoms with Crippen LogP contribution in [-0.4, -0.2) is 19.2 Å². The van der Waals surface area contributed by atoms with Gasteiger partial charge in [-0.15, -0.1) is 0 Å². The van der Waals surface area contributed by atoms with Gasteiger partial charge in [0.15, 0.2) is 0 Å². The molecule has 0 amide bonds. The molecule has 3 rings (SSSR count). The van der Waals surface area contributed by atoms with Gasteiger partial charge in [-0.3, -0.25) is 0 Å². The van der Waals surface area contributed by atoms with Crippen molar-refractivity contribution in [3.63, 3.8) is 0 Å². The number of nitrogens with one attached hydrogen (secondary N) is 1. The second-order valence-corrected chi connectivity index (χ2v) is 4.63. The van der Waals surface area contributed by atoms with Crippen LogP contribution < -0.4 is 5.32 Å². The van der Waals surface area contributed by atoms with Crippen molar-refractivity contribution in [2.75, 3.05) is 13.2 Å². The van der Waals surface area contributed by atoms with Gasteiger partial charge in [0.05, 0.1) is 12.9 Å². The average Bonchev–Trinajstić information content (AvgIpc) is 2.95. The number of hydrogen-bond donors (Lipinski definition) is 1. The number of ether oxygens (including phenoxy) is 1. The van der Waals surface area contributed by atoms with Crippen LogP contribution in [0.4, 0.5) is 0 Å². The van der Waals surface area contributed by atoms with Gasteiger partial charge in [-0.25, -0.2) is 0 Å². The zero-order valence-corrected chi connectivity index (χ0v) is 10.2. The molecule has 2 atom stereocenters. The molecule has 1 fully saturated rings. The van der Waals surface area contributed by atoms with Gasteiger partial charge in [0.1, 0.15) is 11.9 Å². The minimum Gasteiger partial charge on any atom is -0.467 e. The fourth-order valence-electron chi connectivity index (χ4n) is 2.31. The molecule has 94 valence electrons. The van der Waals surface area contributed by atoms with Crippen molar-refractivity contribution >= 4 is 0 Å². The summed E-state index contributed by atoms with van der Waals surface area (Å²) in [4.78, 5) is 0. The van der Waals surface area contributed by atoms with E-state index in [1.165, 1.54) is 5.56 Å². The molecular weight excluding hydrogens is 226 g/mol. The number of furan rings is 1. The van der Waals surface area contributed by atoms with Crippen LogP contribution in [0.1, 0.15) is 17.4 Å². The Bertz CT molecular complexity index is 459. The Kier molecular flexibility index (Phi) is 3.44. The smallest absolute Gasteiger partial charge is 0.133 e. The first-order chi connectivity index (χ1) is 8.92. The molecule has 0 radical (unpaired) electrons. The van der Waals surface area contributed by atoms with Crippen LogP contribution in [0.2, 0.25) is 0 Å². The predicted molar refractivity (Wildman–Crippen MR) is 69.3 cm³/mol. The first-order valence-electron chi connectivity index (χ1n) is 6.34. The molecule has 2 aromatic rings. The van der Waals surface area contributed by atoms with E-state index in [0.29, 0.717) is 6.04 Å². The maximum absolute atomic E-state index is 5.85. The zero-order valence-electron chi connectivity index (χ0n) is 10.2. The Morgan fingerprint density at radius 1 is 1.11 bits per heavy atom. The third-order valence-electron chi connectivity index (χ3n) is 3.28. The molecule has 1 aromatic carbocycles. The van der Waals surface area contributed by atoms with Crippen molar-refractivity contribution < 1.29 is 9.15 Å². The highest BCUT2D eigenvalue weighted by Crippen LogP contribution is 2.21. The molecule has 0 aliphatic carbocycles. The van der Waals surface area contributed by atoms with Crippen molar-refractivity contribution in [2.45, 2.75) is 18.6 Å². The molecule has 1 N–H and O–H groups in total. The van der Waals surface area contributed by atoms with E-state index in [2.05, 4.69) is 29.6 Å². The summed E-state index contributed by atoms with van der Waals surface area (Å²) in [6, 6.07) is 14.7. The highest BCUT2D eigenvalue weighted by molar-refractivity contribution is 5.16. The van der Waals surface area contributed by atoms with E-state index in [4.69, 9.17) is 9.15 Å². The van der Waals surface area contributed by atoms with Gasteiger partial charge in [-0.2, -0.15) is 0 Å². The number of rotatable bonds is 3. The molecule has 0 saturated carbocycles. The first-order valence-corrected chi connectivity index (χ1v) is 6.34. The van der Waals surface area contributed by atoms with Gasteiger partial charge < -0.3 is 14.5 Å². The van der Waals surface area contributed by atoms with Gasteiger partial charge in [-0.05, 0) is 24.1 Å². The van der Waals surface area contributed by atoms with Crippen LogP contribution in [0, 0.1) is 0 Å². The van der Waals surface area contributed by atoms with Crippen molar-refractivity contribution in [3.8, 4) is 0 Å². The lowest BCUT2D eigenvalue weighted by Gasteiger charge is -2.29. The largest absolute Gasteiger partial charge is 0.467 e. The van der Waals surface area contributed by atoms with Crippen molar-refractivity contribution in [1.29, 1.82) is 0 Å². The third kappa shape index (κ3) is 2.63. The maximum atomic E-state index is 5.85. The fourth-order valence-corrected chi connectivity index (χ4v) is 2.31. The molecule has 3 nitrogen and oxygen atoms in total. The summed E-state index contributed by atoms with van der Waals surface area (Å²) >= 11 is 0. The van der Waals surface area contributed by atoms with Crippen LogP contribution in [0.5, 0.6) is 0 Å². The number of morpholine rings is 1. The summed E-state index contributed by atoms with van der Waals surface area (Å²) in [7, 11) is 0. The van der Waals surface area contributed by atoms with Crippen molar-refractivity contribution in [3.05, 3.63) is 60.1 Å². The molecule has 3 heteroatoms. The lowest BCUT2D eigenvalue weighted by atomic mass is 10.0. The highest BCUT2D eigenvalue weighted by atomic mass is 16.5. The van der Waals surface area contributed by atoms with Crippen LogP contribution in [0.3, 0.4) is 0 Å². The highest BCUT2D eigenvalue weighted by Gasteiger charge is 2.23. The number of hydrogen-bond acceptors (Lipinski definition) is 3. The summed E-state index contributed by atoms with van der Waals surface area (Å²) < 4.78 is 11.2.